The summed E-state index contributed by atoms with van der Waals surface area (Å²) in [5.41, 5.74) is 13.6. The number of hydrogen-bond acceptors (Lipinski definition) is 9. The normalized spacial score (nSPS) is 11.4. The summed E-state index contributed by atoms with van der Waals surface area (Å²) in [5.74, 6) is -2.77. The maximum atomic E-state index is 14.0. The average Bonchev–Trinajstić information content (AvgIpc) is 3.27. The standard InChI is InChI=1S/C26H30N6O5S/c1-5-37-19(33)14-29-25(35)22(16-9-11-17(12-10-16)31(3)4)32(18-8-6-7-15(2)13-18)26(36)23-20(27)21(24(28)34)30-38-23/h6-13,22H,5,14,27H2,1-4H3,(H2,28,34)(H,29,35)/t22-/m0/s1. The lowest BCUT2D eigenvalue weighted by Crippen LogP contribution is -2.45. The maximum Gasteiger partial charge on any atom is 0.325 e. The Morgan fingerprint density at radius 1 is 1.08 bits per heavy atom. The van der Waals surface area contributed by atoms with Crippen molar-refractivity contribution in [2.24, 2.45) is 5.73 Å². The Bertz CT molecular complexity index is 1340. The molecule has 0 fully saturated rings. The topological polar surface area (TPSA) is 161 Å². The number of nitrogens with two attached hydrogens (primary N) is 2. The van der Waals surface area contributed by atoms with E-state index in [2.05, 4.69) is 9.69 Å². The predicted octanol–water partition coefficient (Wildman–Crippen LogP) is 2.27. The number of carbonyl (C=O) groups excluding carboxylic acids is 4. The van der Waals surface area contributed by atoms with Crippen molar-refractivity contribution in [2.75, 3.05) is 42.8 Å². The number of carbonyl (C=O) groups is 4. The third-order valence-electron chi connectivity index (χ3n) is 5.60. The molecule has 11 nitrogen and oxygen atoms in total. The van der Waals surface area contributed by atoms with Crippen LogP contribution in [0.4, 0.5) is 17.1 Å². The van der Waals surface area contributed by atoms with Crippen LogP contribution in [0.3, 0.4) is 0 Å². The zero-order valence-corrected chi connectivity index (χ0v) is 22.4. The first-order valence-electron chi connectivity index (χ1n) is 11.7. The molecule has 200 valence electrons. The number of nitrogen functional groups attached to an aromatic ring is 1. The molecule has 0 radical (unpaired) electrons. The Kier molecular flexibility index (Phi) is 9.02. The average molecular weight is 539 g/mol. The Morgan fingerprint density at radius 2 is 1.76 bits per heavy atom. The van der Waals surface area contributed by atoms with Crippen LogP contribution in [0.15, 0.2) is 48.5 Å². The highest BCUT2D eigenvalue weighted by atomic mass is 32.1. The lowest BCUT2D eigenvalue weighted by molar-refractivity contribution is -0.143. The molecule has 3 rings (SSSR count). The molecule has 2 aromatic carbocycles. The van der Waals surface area contributed by atoms with Gasteiger partial charge < -0.3 is 26.4 Å². The Balaban J connectivity index is 2.17. The molecular weight excluding hydrogens is 508 g/mol. The number of aryl methyl sites for hydroxylation is 1. The number of primary amides is 1. The van der Waals surface area contributed by atoms with E-state index in [1.54, 1.807) is 37.3 Å². The Hall–Kier alpha value is -4.45. The number of rotatable bonds is 10. The highest BCUT2D eigenvalue weighted by Gasteiger charge is 2.36. The SMILES string of the molecule is CCOC(=O)CNC(=O)[C@H](c1ccc(N(C)C)cc1)N(C(=O)c1snc(C(N)=O)c1N)c1cccc(C)c1. The van der Waals surface area contributed by atoms with Crippen LogP contribution in [0.1, 0.15) is 44.3 Å². The minimum Gasteiger partial charge on any atom is -0.465 e. The molecule has 0 aliphatic rings. The molecule has 0 bridgehead atoms. The van der Waals surface area contributed by atoms with Gasteiger partial charge in [0.2, 0.25) is 5.91 Å². The minimum atomic E-state index is -1.21. The molecule has 3 aromatic rings. The smallest absolute Gasteiger partial charge is 0.325 e. The number of nitrogens with one attached hydrogen (secondary N) is 1. The van der Waals surface area contributed by atoms with Gasteiger partial charge in [-0.15, -0.1) is 0 Å². The van der Waals surface area contributed by atoms with Crippen molar-refractivity contribution in [2.45, 2.75) is 19.9 Å². The van der Waals surface area contributed by atoms with Crippen LogP contribution in [-0.4, -0.2) is 55.3 Å². The molecular formula is C26H30N6O5S. The Morgan fingerprint density at radius 3 is 2.32 bits per heavy atom. The summed E-state index contributed by atoms with van der Waals surface area (Å²) in [4.78, 5) is 54.5. The molecule has 3 amide bonds. The summed E-state index contributed by atoms with van der Waals surface area (Å²) in [6.07, 6.45) is 0. The third-order valence-corrected chi connectivity index (χ3v) is 6.45. The summed E-state index contributed by atoms with van der Waals surface area (Å²) in [7, 11) is 3.76. The van der Waals surface area contributed by atoms with Crippen LogP contribution < -0.4 is 26.6 Å². The van der Waals surface area contributed by atoms with Crippen molar-refractivity contribution >= 4 is 52.3 Å². The number of anilines is 3. The fourth-order valence-electron chi connectivity index (χ4n) is 3.74. The zero-order chi connectivity index (χ0) is 28.0. The summed E-state index contributed by atoms with van der Waals surface area (Å²) < 4.78 is 8.88. The molecule has 5 N–H and O–H groups in total. The molecule has 0 unspecified atom stereocenters. The van der Waals surface area contributed by atoms with Crippen molar-refractivity contribution < 1.29 is 23.9 Å². The van der Waals surface area contributed by atoms with Gasteiger partial charge in [0.25, 0.3) is 11.8 Å². The fourth-order valence-corrected chi connectivity index (χ4v) is 4.48. The summed E-state index contributed by atoms with van der Waals surface area (Å²) >= 11 is 0.716. The number of benzene rings is 2. The Labute approximate surface area is 224 Å². The molecule has 1 atom stereocenters. The maximum absolute atomic E-state index is 14.0. The van der Waals surface area contributed by atoms with E-state index in [0.717, 1.165) is 11.3 Å². The van der Waals surface area contributed by atoms with Crippen molar-refractivity contribution in [1.29, 1.82) is 0 Å². The van der Waals surface area contributed by atoms with Crippen molar-refractivity contribution in [3.8, 4) is 0 Å². The first-order valence-corrected chi connectivity index (χ1v) is 12.5. The van der Waals surface area contributed by atoms with Crippen LogP contribution in [-0.2, 0) is 14.3 Å². The predicted molar refractivity (Wildman–Crippen MR) is 146 cm³/mol. The van der Waals surface area contributed by atoms with Gasteiger partial charge in [-0.2, -0.15) is 4.37 Å². The fraction of sp³-hybridized carbons (Fsp3) is 0.269. The van der Waals surface area contributed by atoms with E-state index in [4.69, 9.17) is 16.2 Å². The van der Waals surface area contributed by atoms with Gasteiger partial charge >= 0.3 is 5.97 Å². The second kappa shape index (κ2) is 12.2. The van der Waals surface area contributed by atoms with Crippen LogP contribution in [0, 0.1) is 6.92 Å². The van der Waals surface area contributed by atoms with Gasteiger partial charge in [0.05, 0.1) is 12.3 Å². The molecule has 12 heteroatoms. The van der Waals surface area contributed by atoms with Gasteiger partial charge in [-0.3, -0.25) is 24.1 Å². The van der Waals surface area contributed by atoms with E-state index >= 15 is 0 Å². The van der Waals surface area contributed by atoms with Crippen molar-refractivity contribution in [3.05, 3.63) is 70.2 Å². The van der Waals surface area contributed by atoms with E-state index in [0.29, 0.717) is 22.8 Å². The van der Waals surface area contributed by atoms with Crippen LogP contribution in [0.2, 0.25) is 0 Å². The summed E-state index contributed by atoms with van der Waals surface area (Å²) in [6, 6.07) is 12.9. The van der Waals surface area contributed by atoms with Crippen LogP contribution >= 0.6 is 11.5 Å². The molecule has 0 aliphatic heterocycles. The van der Waals surface area contributed by atoms with Crippen LogP contribution in [0.25, 0.3) is 0 Å². The van der Waals surface area contributed by atoms with Gasteiger partial charge in [0.15, 0.2) is 5.69 Å². The number of esters is 1. The van der Waals surface area contributed by atoms with E-state index in [-0.39, 0.29) is 29.4 Å². The quantitative estimate of drug-likeness (QED) is 0.331. The van der Waals surface area contributed by atoms with Gasteiger partial charge in [-0.1, -0.05) is 24.3 Å². The second-order valence-electron chi connectivity index (χ2n) is 8.56. The van der Waals surface area contributed by atoms with Gasteiger partial charge in [0, 0.05) is 25.5 Å². The highest BCUT2D eigenvalue weighted by Crippen LogP contribution is 2.34. The number of nitrogens with zero attached hydrogens (tertiary/aromatic N) is 3. The first kappa shape index (κ1) is 28.1. The van der Waals surface area contributed by atoms with E-state index < -0.39 is 29.7 Å². The lowest BCUT2D eigenvalue weighted by atomic mass is 10.0. The van der Waals surface area contributed by atoms with Crippen molar-refractivity contribution in [3.63, 3.8) is 0 Å². The molecule has 1 heterocycles. The largest absolute Gasteiger partial charge is 0.465 e. The molecule has 0 saturated heterocycles. The van der Waals surface area contributed by atoms with Gasteiger partial charge in [-0.05, 0) is 60.8 Å². The number of ether oxygens (including phenoxy) is 1. The molecule has 0 aliphatic carbocycles. The first-order chi connectivity index (χ1) is 18.0. The molecule has 1 aromatic heterocycles. The van der Waals surface area contributed by atoms with Crippen LogP contribution in [0.5, 0.6) is 0 Å². The van der Waals surface area contributed by atoms with E-state index in [9.17, 15) is 19.2 Å². The third kappa shape index (κ3) is 6.27. The monoisotopic (exact) mass is 538 g/mol. The van der Waals surface area contributed by atoms with Gasteiger partial charge in [0.1, 0.15) is 17.5 Å². The number of aromatic nitrogens is 1. The highest BCUT2D eigenvalue weighted by molar-refractivity contribution is 7.09. The summed E-state index contributed by atoms with van der Waals surface area (Å²) in [6.45, 7) is 3.28. The minimum absolute atomic E-state index is 0.0478. The van der Waals surface area contributed by atoms with Gasteiger partial charge in [-0.25, -0.2) is 0 Å². The number of hydrogen-bond donors (Lipinski definition) is 3. The molecule has 0 spiro atoms. The molecule has 38 heavy (non-hydrogen) atoms. The van der Waals surface area contributed by atoms with E-state index in [1.165, 1.54) is 4.90 Å². The van der Waals surface area contributed by atoms with Crippen molar-refractivity contribution in [1.82, 2.24) is 9.69 Å². The lowest BCUT2D eigenvalue weighted by Gasteiger charge is -2.31. The molecule has 0 saturated carbocycles. The number of amides is 3. The van der Waals surface area contributed by atoms with E-state index in [1.807, 2.05) is 44.1 Å². The zero-order valence-electron chi connectivity index (χ0n) is 21.6. The second-order valence-corrected chi connectivity index (χ2v) is 9.34. The summed E-state index contributed by atoms with van der Waals surface area (Å²) in [5, 5.41) is 2.58.